The Morgan fingerprint density at radius 1 is 0.957 bits per heavy atom. The van der Waals surface area contributed by atoms with E-state index >= 15 is 0 Å². The Morgan fingerprint density at radius 3 is 1.83 bits per heavy atom. The topological polar surface area (TPSA) is 70.3 Å². The minimum absolute atomic E-state index is 0.0136. The van der Waals surface area contributed by atoms with Gasteiger partial charge in [-0.3, -0.25) is 0 Å². The third kappa shape index (κ3) is 9.33. The second kappa shape index (κ2) is 8.43. The summed E-state index contributed by atoms with van der Waals surface area (Å²) in [5.74, 6) is -0.380. The van der Waals surface area contributed by atoms with Crippen molar-refractivity contribution >= 4 is 11.8 Å². The summed E-state index contributed by atoms with van der Waals surface area (Å²) in [6.07, 6.45) is -9.21. The number of hydrogen-bond donors (Lipinski definition) is 1. The smallest absolute Gasteiger partial charge is 0.422 e. The quantitative estimate of drug-likeness (QED) is 0.564. The van der Waals surface area contributed by atoms with Crippen LogP contribution in [0.4, 0.5) is 26.3 Å². The number of nitrogens with two attached hydrogens (primary N) is 1. The minimum Gasteiger partial charge on any atom is -0.468 e. The average molecular weight is 365 g/mol. The third-order valence-corrected chi connectivity index (χ3v) is 2.97. The summed E-state index contributed by atoms with van der Waals surface area (Å²) in [6, 6.07) is 0.772. The van der Waals surface area contributed by atoms with Gasteiger partial charge in [-0.2, -0.15) is 48.1 Å². The Hall–Kier alpha value is -1.43. The first kappa shape index (κ1) is 19.6. The van der Waals surface area contributed by atoms with Crippen molar-refractivity contribution in [1.29, 1.82) is 0 Å². The highest BCUT2D eigenvalue weighted by Crippen LogP contribution is 2.23. The van der Waals surface area contributed by atoms with E-state index in [1.807, 2.05) is 0 Å². The zero-order chi connectivity index (χ0) is 17.5. The number of nitrogens with zero attached hydrogens (tertiary/aromatic N) is 2. The molecule has 132 valence electrons. The van der Waals surface area contributed by atoms with Crippen molar-refractivity contribution in [2.24, 2.45) is 5.73 Å². The van der Waals surface area contributed by atoms with E-state index in [9.17, 15) is 26.3 Å². The second-order valence-corrected chi connectivity index (χ2v) is 5.21. The van der Waals surface area contributed by atoms with Gasteiger partial charge in [0, 0.05) is 12.3 Å². The van der Waals surface area contributed by atoms with Gasteiger partial charge in [0.25, 0.3) is 0 Å². The van der Waals surface area contributed by atoms with Crippen molar-refractivity contribution in [2.45, 2.75) is 18.1 Å². The summed E-state index contributed by atoms with van der Waals surface area (Å²) in [7, 11) is 0. The fourth-order valence-electron chi connectivity index (χ4n) is 1.22. The van der Waals surface area contributed by atoms with Gasteiger partial charge in [0.2, 0.25) is 11.8 Å². The van der Waals surface area contributed by atoms with E-state index in [4.69, 9.17) is 5.73 Å². The monoisotopic (exact) mass is 365 g/mol. The van der Waals surface area contributed by atoms with Crippen molar-refractivity contribution in [3.8, 4) is 11.8 Å². The number of alkyl halides is 6. The van der Waals surface area contributed by atoms with Crippen LogP contribution >= 0.6 is 11.8 Å². The molecule has 0 aromatic carbocycles. The standard InChI is InChI=1S/C11H13F6N3O2S/c12-10(13,14)5-21-8-3-9(22-6-11(15,16)17)20-7(19-8)4-23-2-1-18/h3H,1-2,4-6,18H2. The van der Waals surface area contributed by atoms with Gasteiger partial charge in [-0.05, 0) is 0 Å². The second-order valence-electron chi connectivity index (χ2n) is 4.11. The number of hydrogen-bond acceptors (Lipinski definition) is 6. The molecule has 0 atom stereocenters. The summed E-state index contributed by atoms with van der Waals surface area (Å²) in [4.78, 5) is 7.39. The fourth-order valence-corrected chi connectivity index (χ4v) is 1.84. The normalized spacial score (nSPS) is 12.3. The lowest BCUT2D eigenvalue weighted by Crippen LogP contribution is -2.21. The predicted molar refractivity (Wildman–Crippen MR) is 70.3 cm³/mol. The molecular weight excluding hydrogens is 352 g/mol. The SMILES string of the molecule is NCCSCc1nc(OCC(F)(F)F)cc(OCC(F)(F)F)n1. The van der Waals surface area contributed by atoms with E-state index < -0.39 is 37.3 Å². The molecule has 1 rings (SSSR count). The number of aromatic nitrogens is 2. The lowest BCUT2D eigenvalue weighted by Gasteiger charge is -2.12. The first-order valence-electron chi connectivity index (χ1n) is 6.14. The molecular formula is C11H13F6N3O2S. The summed E-state index contributed by atoms with van der Waals surface area (Å²) >= 11 is 1.27. The van der Waals surface area contributed by atoms with Gasteiger partial charge in [-0.1, -0.05) is 0 Å². The van der Waals surface area contributed by atoms with Crippen LogP contribution in [0.5, 0.6) is 11.8 Å². The molecule has 2 N–H and O–H groups in total. The van der Waals surface area contributed by atoms with Crippen LogP contribution in [0.15, 0.2) is 6.07 Å². The van der Waals surface area contributed by atoms with E-state index in [1.165, 1.54) is 11.8 Å². The Kier molecular flexibility index (Phi) is 7.19. The summed E-state index contributed by atoms with van der Waals surface area (Å²) < 4.78 is 81.6. The lowest BCUT2D eigenvalue weighted by molar-refractivity contribution is -0.154. The molecule has 0 aliphatic carbocycles. The van der Waals surface area contributed by atoms with Crippen molar-refractivity contribution in [2.75, 3.05) is 25.5 Å². The number of ether oxygens (including phenoxy) is 2. The fraction of sp³-hybridized carbons (Fsp3) is 0.636. The maximum atomic E-state index is 12.1. The molecule has 1 aromatic rings. The van der Waals surface area contributed by atoms with Crippen LogP contribution in [-0.2, 0) is 5.75 Å². The Morgan fingerprint density at radius 2 is 1.43 bits per heavy atom. The number of halogens is 6. The van der Waals surface area contributed by atoms with Gasteiger partial charge in [0.05, 0.1) is 11.8 Å². The summed E-state index contributed by atoms with van der Waals surface area (Å²) in [6.45, 7) is -2.90. The zero-order valence-corrected chi connectivity index (χ0v) is 12.4. The molecule has 12 heteroatoms. The predicted octanol–water partition coefficient (Wildman–Crippen LogP) is 2.55. The molecule has 0 saturated carbocycles. The highest BCUT2D eigenvalue weighted by atomic mass is 32.2. The Balaban J connectivity index is 2.83. The van der Waals surface area contributed by atoms with Gasteiger partial charge < -0.3 is 15.2 Å². The van der Waals surface area contributed by atoms with Crippen LogP contribution in [0.25, 0.3) is 0 Å². The first-order valence-corrected chi connectivity index (χ1v) is 7.29. The molecule has 23 heavy (non-hydrogen) atoms. The van der Waals surface area contributed by atoms with E-state index in [0.29, 0.717) is 12.3 Å². The molecule has 0 unspecified atom stereocenters. The molecule has 0 bridgehead atoms. The highest BCUT2D eigenvalue weighted by molar-refractivity contribution is 7.98. The van der Waals surface area contributed by atoms with Crippen molar-refractivity contribution in [3.05, 3.63) is 11.9 Å². The molecule has 1 heterocycles. The largest absolute Gasteiger partial charge is 0.468 e. The molecule has 5 nitrogen and oxygen atoms in total. The molecule has 0 aliphatic rings. The molecule has 0 aliphatic heterocycles. The van der Waals surface area contributed by atoms with Crippen LogP contribution < -0.4 is 15.2 Å². The molecule has 1 aromatic heterocycles. The highest BCUT2D eigenvalue weighted by Gasteiger charge is 2.30. The van der Waals surface area contributed by atoms with Gasteiger partial charge in [0.15, 0.2) is 13.2 Å². The minimum atomic E-state index is -4.60. The zero-order valence-electron chi connectivity index (χ0n) is 11.6. The van der Waals surface area contributed by atoms with Crippen LogP contribution in [0.3, 0.4) is 0 Å². The average Bonchev–Trinajstić information content (AvgIpc) is 2.42. The molecule has 0 radical (unpaired) electrons. The van der Waals surface area contributed by atoms with E-state index in [-0.39, 0.29) is 11.6 Å². The van der Waals surface area contributed by atoms with E-state index in [1.54, 1.807) is 0 Å². The van der Waals surface area contributed by atoms with E-state index in [0.717, 1.165) is 6.07 Å². The molecule has 0 spiro atoms. The van der Waals surface area contributed by atoms with Crippen LogP contribution in [0.1, 0.15) is 5.82 Å². The molecule has 0 saturated heterocycles. The molecule has 0 amide bonds. The van der Waals surface area contributed by atoms with Gasteiger partial charge >= 0.3 is 12.4 Å². The van der Waals surface area contributed by atoms with Crippen molar-refractivity contribution in [3.63, 3.8) is 0 Å². The van der Waals surface area contributed by atoms with Gasteiger partial charge in [0.1, 0.15) is 5.82 Å². The number of thioether (sulfide) groups is 1. The molecule has 0 fully saturated rings. The summed E-state index contributed by atoms with van der Waals surface area (Å²) in [5, 5.41) is 0. The van der Waals surface area contributed by atoms with E-state index in [2.05, 4.69) is 19.4 Å². The van der Waals surface area contributed by atoms with Crippen LogP contribution in [0.2, 0.25) is 0 Å². The Bertz CT molecular complexity index is 461. The van der Waals surface area contributed by atoms with Gasteiger partial charge in [-0.25, -0.2) is 0 Å². The van der Waals surface area contributed by atoms with Crippen molar-refractivity contribution in [1.82, 2.24) is 9.97 Å². The number of rotatable bonds is 8. The Labute approximate surface area is 131 Å². The maximum Gasteiger partial charge on any atom is 0.422 e. The first-order chi connectivity index (χ1) is 10.6. The van der Waals surface area contributed by atoms with Crippen molar-refractivity contribution < 1.29 is 35.8 Å². The summed E-state index contributed by atoms with van der Waals surface area (Å²) in [5.41, 5.74) is 5.28. The lowest BCUT2D eigenvalue weighted by atomic mass is 10.5. The van der Waals surface area contributed by atoms with Crippen LogP contribution in [0, 0.1) is 0 Å². The van der Waals surface area contributed by atoms with Gasteiger partial charge in [-0.15, -0.1) is 0 Å². The third-order valence-electron chi connectivity index (χ3n) is 1.99. The van der Waals surface area contributed by atoms with Crippen LogP contribution in [-0.4, -0.2) is 47.8 Å². The maximum absolute atomic E-state index is 12.1.